The van der Waals surface area contributed by atoms with Gasteiger partial charge >= 0.3 is 7.87 Å². The van der Waals surface area contributed by atoms with Crippen molar-refractivity contribution in [2.45, 2.75) is 0 Å². The van der Waals surface area contributed by atoms with Crippen molar-refractivity contribution < 1.29 is 33.2 Å². The number of nitrogens with zero attached hydrogens (tertiary/aromatic N) is 4. The molecule has 0 saturated heterocycles. The Balaban J connectivity index is 0.00000324. The minimum absolute atomic E-state index is 0. The molecular weight excluding hydrogens is 475 g/mol. The molecule has 34 heavy (non-hydrogen) atoms. The maximum absolute atomic E-state index is 11.6. The Labute approximate surface area is 204 Å². The van der Waals surface area contributed by atoms with E-state index in [-0.39, 0.29) is 35.2 Å². The summed E-state index contributed by atoms with van der Waals surface area (Å²) in [5.41, 5.74) is 0.966. The van der Waals surface area contributed by atoms with E-state index in [0.717, 1.165) is 0 Å². The Morgan fingerprint density at radius 3 is 0.706 bits per heavy atom. The monoisotopic (exact) mass is 498 g/mol. The predicted molar refractivity (Wildman–Crippen MR) is 130 cm³/mol. The van der Waals surface area contributed by atoms with E-state index >= 15 is 0 Å². The van der Waals surface area contributed by atoms with Crippen LogP contribution in [0.15, 0.2) is 121 Å². The maximum Gasteiger partial charge on any atom is 0.504 e. The summed E-state index contributed by atoms with van der Waals surface area (Å²) in [4.78, 5) is 2.78. The number of halogens is 1. The Morgan fingerprint density at radius 1 is 0.353 bits per heavy atom. The summed E-state index contributed by atoms with van der Waals surface area (Å²) < 4.78 is 0. The molecule has 0 fully saturated rings. The highest BCUT2D eigenvalue weighted by Gasteiger charge is 2.66. The lowest BCUT2D eigenvalue weighted by molar-refractivity contribution is -0.0000110. The van der Waals surface area contributed by atoms with Gasteiger partial charge in [0.25, 0.3) is 0 Å². The fraction of sp³-hybridized carbons (Fsp3) is 0. The van der Waals surface area contributed by atoms with Gasteiger partial charge in [-0.15, -0.1) is 0 Å². The minimum Gasteiger partial charge on any atom is -1.00 e. The lowest BCUT2D eigenvalue weighted by atomic mass is 10.3. The van der Waals surface area contributed by atoms with Gasteiger partial charge in [-0.2, -0.15) is 0 Å². The van der Waals surface area contributed by atoms with Gasteiger partial charge in [-0.3, -0.25) is 20.8 Å². The molecule has 0 radical (unpaired) electrons. The first-order valence-corrected chi connectivity index (χ1v) is 11.7. The zero-order valence-corrected chi connectivity index (χ0v) is 19.6. The summed E-state index contributed by atoms with van der Waals surface area (Å²) in [5, 5.41) is 46.4. The molecule has 0 spiro atoms. The van der Waals surface area contributed by atoms with Crippen molar-refractivity contribution in [3.05, 3.63) is 121 Å². The third-order valence-corrected chi connectivity index (χ3v) is 7.92. The van der Waals surface area contributed by atoms with Crippen LogP contribution in [-0.4, -0.2) is 20.8 Å². The molecule has 4 N–H and O–H groups in total. The molecular formula is C24H24ClN4O4P. The molecule has 4 aromatic carbocycles. The Bertz CT molecular complexity index is 959. The standard InChI is InChI=1S/C24H24N4O4P.ClH/c29-25(21-13-5-1-6-14-21)33(26(30)22-15-7-2-8-16-22,27(31)23-17-9-3-10-18-23)28(32)24-19-11-4-12-20-24;/h1-20,29-32H;1H/q+1;/p-1. The van der Waals surface area contributed by atoms with Crippen molar-refractivity contribution in [3.63, 3.8) is 0 Å². The van der Waals surface area contributed by atoms with Crippen molar-refractivity contribution in [2.24, 2.45) is 0 Å². The lowest BCUT2D eigenvalue weighted by Crippen LogP contribution is -3.00. The first-order valence-electron chi connectivity index (χ1n) is 10.1. The molecule has 0 bridgehead atoms. The van der Waals surface area contributed by atoms with E-state index in [1.54, 1.807) is 121 Å². The average Bonchev–Trinajstić information content (AvgIpc) is 2.90. The molecule has 0 atom stereocenters. The Morgan fingerprint density at radius 2 is 0.529 bits per heavy atom. The summed E-state index contributed by atoms with van der Waals surface area (Å²) in [6.07, 6.45) is 0. The molecule has 4 aromatic rings. The van der Waals surface area contributed by atoms with E-state index in [9.17, 15) is 20.8 Å². The Hall–Kier alpha value is -3.36. The molecule has 0 unspecified atom stereocenters. The maximum atomic E-state index is 11.6. The van der Waals surface area contributed by atoms with Crippen molar-refractivity contribution in [1.29, 1.82) is 0 Å². The second-order valence-corrected chi connectivity index (χ2v) is 9.63. The van der Waals surface area contributed by atoms with Crippen LogP contribution >= 0.6 is 7.87 Å². The van der Waals surface area contributed by atoms with Crippen LogP contribution in [0.3, 0.4) is 0 Å². The molecule has 0 aromatic heterocycles. The van der Waals surface area contributed by atoms with E-state index < -0.39 is 7.87 Å². The summed E-state index contributed by atoms with van der Waals surface area (Å²) in [6, 6.07) is 33.5. The Kier molecular flexibility index (Phi) is 8.31. The first kappa shape index (κ1) is 25.3. The van der Waals surface area contributed by atoms with Gasteiger partial charge in [0.2, 0.25) is 0 Å². The third kappa shape index (κ3) is 4.64. The van der Waals surface area contributed by atoms with E-state index in [1.807, 2.05) is 0 Å². The molecule has 10 heteroatoms. The molecule has 0 saturated carbocycles. The lowest BCUT2D eigenvalue weighted by Gasteiger charge is -2.42. The van der Waals surface area contributed by atoms with Crippen LogP contribution in [0.2, 0.25) is 0 Å². The van der Waals surface area contributed by atoms with Crippen molar-refractivity contribution in [3.8, 4) is 0 Å². The topological polar surface area (TPSA) is 93.9 Å². The molecule has 8 nitrogen and oxygen atoms in total. The summed E-state index contributed by atoms with van der Waals surface area (Å²) in [6.45, 7) is 0. The van der Waals surface area contributed by atoms with Gasteiger partial charge in [-0.25, -0.2) is 0 Å². The zero-order chi connectivity index (χ0) is 23.3. The van der Waals surface area contributed by atoms with Gasteiger partial charge < -0.3 is 12.4 Å². The molecule has 0 heterocycles. The quantitative estimate of drug-likeness (QED) is 0.217. The van der Waals surface area contributed by atoms with Gasteiger partial charge in [0.15, 0.2) is 0 Å². The normalized spacial score (nSPS) is 10.7. The van der Waals surface area contributed by atoms with Crippen LogP contribution in [0.1, 0.15) is 0 Å². The van der Waals surface area contributed by atoms with E-state index in [0.29, 0.717) is 19.3 Å². The third-order valence-electron chi connectivity index (χ3n) is 4.97. The van der Waals surface area contributed by atoms with Crippen LogP contribution in [0.5, 0.6) is 0 Å². The summed E-state index contributed by atoms with van der Waals surface area (Å²) >= 11 is 0. The van der Waals surface area contributed by atoms with Gasteiger partial charge in [-0.1, -0.05) is 92.1 Å². The van der Waals surface area contributed by atoms with Gasteiger partial charge in [-0.05, 0) is 48.5 Å². The van der Waals surface area contributed by atoms with Crippen molar-refractivity contribution >= 4 is 30.6 Å². The van der Waals surface area contributed by atoms with Gasteiger partial charge in [0.1, 0.15) is 22.7 Å². The predicted octanol–water partition coefficient (Wildman–Crippen LogP) is 3.25. The zero-order valence-electron chi connectivity index (χ0n) is 17.9. The van der Waals surface area contributed by atoms with Crippen molar-refractivity contribution in [1.82, 2.24) is 0 Å². The molecule has 176 valence electrons. The van der Waals surface area contributed by atoms with Crippen LogP contribution in [0.25, 0.3) is 0 Å². The van der Waals surface area contributed by atoms with Crippen molar-refractivity contribution in [2.75, 3.05) is 19.3 Å². The summed E-state index contributed by atoms with van der Waals surface area (Å²) in [5.74, 6) is 0. The van der Waals surface area contributed by atoms with E-state index in [4.69, 9.17) is 0 Å². The number of anilines is 4. The molecule has 0 aliphatic heterocycles. The van der Waals surface area contributed by atoms with Gasteiger partial charge in [0.05, 0.1) is 0 Å². The highest BCUT2D eigenvalue weighted by atomic mass is 35.5. The summed E-state index contributed by atoms with van der Waals surface area (Å²) in [7, 11) is -4.19. The number of para-hydroxylation sites is 4. The van der Waals surface area contributed by atoms with Crippen LogP contribution in [0.4, 0.5) is 22.7 Å². The fourth-order valence-corrected chi connectivity index (χ4v) is 6.08. The van der Waals surface area contributed by atoms with Crippen LogP contribution in [0, 0.1) is 0 Å². The number of hydrogen-bond donors (Lipinski definition) is 4. The molecule has 0 aliphatic carbocycles. The smallest absolute Gasteiger partial charge is 0.504 e. The second kappa shape index (κ2) is 11.2. The number of rotatable bonds is 8. The highest BCUT2D eigenvalue weighted by molar-refractivity contribution is 7.80. The largest absolute Gasteiger partial charge is 1.00 e. The first-order chi connectivity index (χ1) is 16.1. The minimum atomic E-state index is -4.19. The highest BCUT2D eigenvalue weighted by Crippen LogP contribution is 2.70. The van der Waals surface area contributed by atoms with Crippen LogP contribution in [-0.2, 0) is 0 Å². The van der Waals surface area contributed by atoms with Crippen LogP contribution < -0.4 is 31.7 Å². The van der Waals surface area contributed by atoms with E-state index in [1.165, 1.54) is 0 Å². The fourth-order valence-electron chi connectivity index (χ4n) is 3.35. The molecule has 0 aliphatic rings. The van der Waals surface area contributed by atoms with E-state index in [2.05, 4.69) is 0 Å². The number of hydrogen-bond acceptors (Lipinski definition) is 8. The molecule has 0 amide bonds. The second-order valence-electron chi connectivity index (χ2n) is 7.04. The number of benzene rings is 4. The molecule has 4 rings (SSSR count). The SMILES string of the molecule is ON(c1ccccc1)[P+](N(O)c1ccccc1)(N(O)c1ccccc1)N(O)c1ccccc1.[Cl-]. The van der Waals surface area contributed by atoms with Gasteiger partial charge in [0, 0.05) is 0 Å². The average molecular weight is 499 g/mol.